The molecule has 0 saturated carbocycles. The molecule has 3 amide bonds. The number of hydrogen-bond acceptors (Lipinski definition) is 4. The molecule has 0 atom stereocenters. The predicted molar refractivity (Wildman–Crippen MR) is 174 cm³/mol. The van der Waals surface area contributed by atoms with Crippen molar-refractivity contribution in [3.63, 3.8) is 0 Å². The average Bonchev–Trinajstić information content (AvgIpc) is 3.40. The van der Waals surface area contributed by atoms with Gasteiger partial charge < -0.3 is 20.3 Å². The Labute approximate surface area is 255 Å². The van der Waals surface area contributed by atoms with Crippen LogP contribution in [0.25, 0.3) is 16.9 Å². The smallest absolute Gasteiger partial charge is 0.322 e. The van der Waals surface area contributed by atoms with Crippen molar-refractivity contribution in [2.24, 2.45) is 5.92 Å². The highest BCUT2D eigenvalue weighted by atomic mass is 16.5. The number of methoxy groups -OCH3 is 1. The van der Waals surface area contributed by atoms with Gasteiger partial charge >= 0.3 is 6.03 Å². The van der Waals surface area contributed by atoms with E-state index in [9.17, 15) is 9.59 Å². The minimum Gasteiger partial charge on any atom is -0.497 e. The van der Waals surface area contributed by atoms with Gasteiger partial charge in [0, 0.05) is 23.9 Å². The maximum atomic E-state index is 13.7. The average molecular weight is 582 g/mol. The summed E-state index contributed by atoms with van der Waals surface area (Å²) in [5.41, 5.74) is 5.39. The lowest BCUT2D eigenvalue weighted by atomic mass is 9.93. The molecule has 226 valence electrons. The number of ether oxygens (including phenoxy) is 1. The van der Waals surface area contributed by atoms with Crippen LogP contribution < -0.4 is 15.4 Å². The number of urea groups is 1. The highest BCUT2D eigenvalue weighted by Crippen LogP contribution is 2.33. The molecule has 4 aromatic rings. The van der Waals surface area contributed by atoms with Crippen molar-refractivity contribution in [3.05, 3.63) is 90.0 Å². The zero-order chi connectivity index (χ0) is 31.1. The summed E-state index contributed by atoms with van der Waals surface area (Å²) < 4.78 is 7.01. The number of aromatic nitrogens is 2. The Morgan fingerprint density at radius 1 is 0.837 bits per heavy atom. The molecular weight excluding hydrogens is 538 g/mol. The van der Waals surface area contributed by atoms with Gasteiger partial charge in [0.15, 0.2) is 0 Å². The normalized spacial score (nSPS) is 11.2. The van der Waals surface area contributed by atoms with E-state index in [0.717, 1.165) is 39.5 Å². The fraction of sp³-hybridized carbons (Fsp3) is 0.343. The van der Waals surface area contributed by atoms with Crippen molar-refractivity contribution in [1.29, 1.82) is 0 Å². The molecule has 0 bridgehead atoms. The third-order valence-corrected chi connectivity index (χ3v) is 7.18. The lowest BCUT2D eigenvalue weighted by molar-refractivity contribution is -0.116. The van der Waals surface area contributed by atoms with Crippen molar-refractivity contribution >= 4 is 23.4 Å². The number of nitrogens with one attached hydrogen (secondary N) is 2. The maximum absolute atomic E-state index is 13.7. The molecular formula is C35H43N5O3. The number of rotatable bonds is 11. The Kier molecular flexibility index (Phi) is 10.2. The van der Waals surface area contributed by atoms with Crippen LogP contribution >= 0.6 is 0 Å². The van der Waals surface area contributed by atoms with Gasteiger partial charge in [-0.2, -0.15) is 5.10 Å². The second-order valence-corrected chi connectivity index (χ2v) is 11.8. The van der Waals surface area contributed by atoms with Crippen molar-refractivity contribution in [2.75, 3.05) is 30.8 Å². The van der Waals surface area contributed by atoms with E-state index in [1.807, 2.05) is 80.6 Å². The molecule has 0 fully saturated rings. The first-order valence-corrected chi connectivity index (χ1v) is 14.9. The largest absolute Gasteiger partial charge is 0.497 e. The SMILES string of the molecule is COc1ccc(-n2nc(-c3ccccc3)cc2NC(=O)CN(CC(C)C)C(=O)Nc2c(C(C)C)cccc2C(C)C)cc1. The molecule has 4 rings (SSSR count). The highest BCUT2D eigenvalue weighted by molar-refractivity contribution is 5.97. The van der Waals surface area contributed by atoms with Gasteiger partial charge in [-0.15, -0.1) is 0 Å². The molecule has 0 aliphatic rings. The number of benzene rings is 3. The van der Waals surface area contributed by atoms with Crippen molar-refractivity contribution in [3.8, 4) is 22.7 Å². The van der Waals surface area contributed by atoms with Crippen LogP contribution in [-0.2, 0) is 4.79 Å². The summed E-state index contributed by atoms with van der Waals surface area (Å²) in [6, 6.07) is 24.9. The lowest BCUT2D eigenvalue weighted by Crippen LogP contribution is -2.43. The van der Waals surface area contributed by atoms with E-state index >= 15 is 0 Å². The summed E-state index contributed by atoms with van der Waals surface area (Å²) in [5, 5.41) is 11.0. The minimum atomic E-state index is -0.314. The van der Waals surface area contributed by atoms with Crippen molar-refractivity contribution in [2.45, 2.75) is 53.4 Å². The minimum absolute atomic E-state index is 0.112. The predicted octanol–water partition coefficient (Wildman–Crippen LogP) is 7.92. The summed E-state index contributed by atoms with van der Waals surface area (Å²) in [6.07, 6.45) is 0. The summed E-state index contributed by atoms with van der Waals surface area (Å²) >= 11 is 0. The van der Waals surface area contributed by atoms with E-state index < -0.39 is 0 Å². The first-order valence-electron chi connectivity index (χ1n) is 14.9. The number of hydrogen-bond donors (Lipinski definition) is 2. The molecule has 0 saturated heterocycles. The number of carbonyl (C=O) groups is 2. The number of nitrogens with zero attached hydrogens (tertiary/aromatic N) is 3. The molecule has 0 radical (unpaired) electrons. The first-order chi connectivity index (χ1) is 20.6. The van der Waals surface area contributed by atoms with Crippen molar-refractivity contribution < 1.29 is 14.3 Å². The van der Waals surface area contributed by atoms with Crippen LogP contribution in [0.2, 0.25) is 0 Å². The second kappa shape index (κ2) is 14.1. The summed E-state index contributed by atoms with van der Waals surface area (Å²) in [5.74, 6) is 1.54. The third-order valence-electron chi connectivity index (χ3n) is 7.18. The number of carbonyl (C=O) groups excluding carboxylic acids is 2. The van der Waals surface area contributed by atoms with Gasteiger partial charge in [0.1, 0.15) is 18.1 Å². The Morgan fingerprint density at radius 3 is 2.02 bits per heavy atom. The number of anilines is 2. The van der Waals surface area contributed by atoms with Crippen LogP contribution in [0.3, 0.4) is 0 Å². The molecule has 8 heteroatoms. The summed E-state index contributed by atoms with van der Waals surface area (Å²) in [7, 11) is 1.62. The Balaban J connectivity index is 1.61. The van der Waals surface area contributed by atoms with Gasteiger partial charge in [-0.3, -0.25) is 4.79 Å². The topological polar surface area (TPSA) is 88.5 Å². The monoisotopic (exact) mass is 581 g/mol. The maximum Gasteiger partial charge on any atom is 0.322 e. The van der Waals surface area contributed by atoms with Crippen LogP contribution in [0.1, 0.15) is 64.5 Å². The Morgan fingerprint density at radius 2 is 1.47 bits per heavy atom. The van der Waals surface area contributed by atoms with Crippen molar-refractivity contribution in [1.82, 2.24) is 14.7 Å². The summed E-state index contributed by atoms with van der Waals surface area (Å²) in [4.78, 5) is 28.9. The Bertz CT molecular complexity index is 1500. The van der Waals surface area contributed by atoms with Crippen LogP contribution in [0.15, 0.2) is 78.9 Å². The fourth-order valence-corrected chi connectivity index (χ4v) is 5.04. The lowest BCUT2D eigenvalue weighted by Gasteiger charge is -2.27. The van der Waals surface area contributed by atoms with E-state index in [4.69, 9.17) is 9.84 Å². The molecule has 2 N–H and O–H groups in total. The van der Waals surface area contributed by atoms with Gasteiger partial charge in [0.2, 0.25) is 5.91 Å². The molecule has 8 nitrogen and oxygen atoms in total. The van der Waals surface area contributed by atoms with E-state index in [-0.39, 0.29) is 36.2 Å². The van der Waals surface area contributed by atoms with Gasteiger partial charge in [-0.25, -0.2) is 9.48 Å². The van der Waals surface area contributed by atoms with Crippen LogP contribution in [0.4, 0.5) is 16.3 Å². The molecule has 3 aromatic carbocycles. The third kappa shape index (κ3) is 7.83. The Hall–Kier alpha value is -4.59. The summed E-state index contributed by atoms with van der Waals surface area (Å²) in [6.45, 7) is 12.8. The molecule has 1 heterocycles. The van der Waals surface area contributed by atoms with Crippen LogP contribution in [0, 0.1) is 5.92 Å². The number of para-hydroxylation sites is 1. The number of amides is 3. The molecule has 0 spiro atoms. The van der Waals surface area contributed by atoms with Gasteiger partial charge in [0.05, 0.1) is 18.5 Å². The zero-order valence-electron chi connectivity index (χ0n) is 26.2. The van der Waals surface area contributed by atoms with E-state index in [0.29, 0.717) is 12.4 Å². The molecule has 1 aromatic heterocycles. The van der Waals surface area contributed by atoms with Gasteiger partial charge in [-0.05, 0) is 53.1 Å². The second-order valence-electron chi connectivity index (χ2n) is 11.8. The molecule has 0 unspecified atom stereocenters. The molecule has 0 aliphatic carbocycles. The van der Waals surface area contributed by atoms with E-state index in [1.165, 1.54) is 0 Å². The van der Waals surface area contributed by atoms with Gasteiger partial charge in [0.25, 0.3) is 0 Å². The van der Waals surface area contributed by atoms with Crippen LogP contribution in [-0.4, -0.2) is 46.8 Å². The fourth-order valence-electron chi connectivity index (χ4n) is 5.04. The zero-order valence-corrected chi connectivity index (χ0v) is 26.2. The first kappa shape index (κ1) is 31.3. The van der Waals surface area contributed by atoms with E-state index in [1.54, 1.807) is 16.7 Å². The standard InChI is InChI=1S/C35H43N5O3/c1-23(2)21-39(35(42)37-34-29(24(3)4)14-11-15-30(34)25(5)6)22-33(41)36-32-20-31(26-12-9-8-10-13-26)38-40(32)27-16-18-28(43-7)19-17-27/h8-20,23-25H,21-22H2,1-7H3,(H,36,41)(H,37,42). The molecule has 0 aliphatic heterocycles. The van der Waals surface area contributed by atoms with Gasteiger partial charge in [-0.1, -0.05) is 90.1 Å². The molecule has 43 heavy (non-hydrogen) atoms. The highest BCUT2D eigenvalue weighted by Gasteiger charge is 2.23. The van der Waals surface area contributed by atoms with Crippen LogP contribution in [0.5, 0.6) is 5.75 Å². The van der Waals surface area contributed by atoms with E-state index in [2.05, 4.69) is 50.5 Å². The quantitative estimate of drug-likeness (QED) is 0.188.